The minimum atomic E-state index is -2.20. The van der Waals surface area contributed by atoms with Gasteiger partial charge in [0, 0.05) is 18.9 Å². The average molecular weight is 689 g/mol. The Morgan fingerprint density at radius 1 is 0.939 bits per heavy atom. The zero-order valence-electron chi connectivity index (χ0n) is 31.0. The Kier molecular flexibility index (Phi) is 12.7. The number of carbonyl (C=O) groups is 2. The van der Waals surface area contributed by atoms with Gasteiger partial charge in [0.25, 0.3) is 0 Å². The van der Waals surface area contributed by atoms with Crippen molar-refractivity contribution in [2.45, 2.75) is 116 Å². The van der Waals surface area contributed by atoms with Crippen LogP contribution in [0.25, 0.3) is 11.1 Å². The number of amides is 1. The maximum Gasteiger partial charge on any atom is 0.410 e. The third kappa shape index (κ3) is 10.9. The number of esters is 1. The van der Waals surface area contributed by atoms with E-state index in [-0.39, 0.29) is 23.3 Å². The number of rotatable bonds is 12. The van der Waals surface area contributed by atoms with E-state index in [1.165, 1.54) is 13.5 Å². The summed E-state index contributed by atoms with van der Waals surface area (Å²) in [6.45, 7) is 17.6. The van der Waals surface area contributed by atoms with Gasteiger partial charge in [-0.15, -0.1) is 0 Å². The molecule has 4 rings (SSSR count). The number of ether oxygens (including phenoxy) is 3. The molecule has 266 valence electrons. The molecule has 0 saturated heterocycles. The zero-order valence-corrected chi connectivity index (χ0v) is 32.0. The van der Waals surface area contributed by atoms with Gasteiger partial charge in [0.05, 0.1) is 25.9 Å². The number of pyridine rings is 1. The zero-order chi connectivity index (χ0) is 35.8. The van der Waals surface area contributed by atoms with E-state index >= 15 is 0 Å². The molecule has 1 fully saturated rings. The van der Waals surface area contributed by atoms with Crippen molar-refractivity contribution in [1.82, 2.24) is 9.88 Å². The lowest BCUT2D eigenvalue weighted by atomic mass is 9.97. The standard InChI is InChI=1S/C40H56N2O6Si/c1-39(2,3)47-38(44)42(28-36(32-14-13-24-41-27-32)48-49(8,9)40(4,5)6)25-23-29-17-19-30(20-18-29)31-21-22-34(37(43)45-7)35(26-31)46-33-15-11-10-12-16-33/h13-14,17-22,24,26-27,33,36H,10-12,15-16,23,25,28H2,1-9H3/t36-/m0/s1. The lowest BCUT2D eigenvalue weighted by Gasteiger charge is -2.40. The summed E-state index contributed by atoms with van der Waals surface area (Å²) in [5.74, 6) is 0.166. The van der Waals surface area contributed by atoms with Crippen molar-refractivity contribution in [3.8, 4) is 16.9 Å². The molecule has 1 saturated carbocycles. The van der Waals surface area contributed by atoms with Crippen LogP contribution in [0.3, 0.4) is 0 Å². The van der Waals surface area contributed by atoms with Crippen molar-refractivity contribution >= 4 is 20.4 Å². The molecule has 49 heavy (non-hydrogen) atoms. The monoisotopic (exact) mass is 688 g/mol. The molecule has 1 atom stereocenters. The number of aromatic nitrogens is 1. The molecule has 1 heterocycles. The molecule has 0 bridgehead atoms. The molecule has 8 nitrogen and oxygen atoms in total. The molecule has 1 aromatic heterocycles. The Labute approximate surface area is 294 Å². The summed E-state index contributed by atoms with van der Waals surface area (Å²) in [5, 5.41) is -0.00561. The Bertz CT molecular complexity index is 1520. The fraction of sp³-hybridized carbons (Fsp3) is 0.525. The SMILES string of the molecule is COC(=O)c1ccc(-c2ccc(CCN(C[C@H](O[Si](C)(C)C(C)(C)C)c3cccnc3)C(=O)OC(C)(C)C)cc2)cc1OC1CCCCC1. The number of nitrogens with zero attached hydrogens (tertiary/aromatic N) is 2. The summed E-state index contributed by atoms with van der Waals surface area (Å²) < 4.78 is 24.2. The molecule has 1 aliphatic carbocycles. The number of carbonyl (C=O) groups excluding carboxylic acids is 2. The van der Waals surface area contributed by atoms with Crippen LogP contribution in [-0.4, -0.2) is 62.2 Å². The maximum atomic E-state index is 13.6. The Morgan fingerprint density at radius 3 is 2.20 bits per heavy atom. The van der Waals surface area contributed by atoms with Crippen LogP contribution in [0.5, 0.6) is 5.75 Å². The molecule has 2 aromatic carbocycles. The number of hydrogen-bond acceptors (Lipinski definition) is 7. The highest BCUT2D eigenvalue weighted by molar-refractivity contribution is 6.74. The number of benzene rings is 2. The highest BCUT2D eigenvalue weighted by Gasteiger charge is 2.40. The second kappa shape index (κ2) is 16.3. The molecule has 1 amide bonds. The quantitative estimate of drug-likeness (QED) is 0.138. The minimum absolute atomic E-state index is 0.00561. The van der Waals surface area contributed by atoms with Crippen LogP contribution < -0.4 is 4.74 Å². The fourth-order valence-corrected chi connectivity index (χ4v) is 6.94. The van der Waals surface area contributed by atoms with E-state index in [1.54, 1.807) is 17.2 Å². The highest BCUT2D eigenvalue weighted by Crippen LogP contribution is 2.40. The van der Waals surface area contributed by atoms with Crippen LogP contribution in [0.2, 0.25) is 18.1 Å². The van der Waals surface area contributed by atoms with Crippen molar-refractivity contribution in [2.75, 3.05) is 20.2 Å². The van der Waals surface area contributed by atoms with Crippen LogP contribution in [0.1, 0.15) is 101 Å². The van der Waals surface area contributed by atoms with Crippen molar-refractivity contribution in [2.24, 2.45) is 0 Å². The summed E-state index contributed by atoms with van der Waals surface area (Å²) in [5.41, 5.74) is 3.81. The van der Waals surface area contributed by atoms with Crippen LogP contribution in [-0.2, 0) is 20.3 Å². The summed E-state index contributed by atoms with van der Waals surface area (Å²) in [6, 6.07) is 17.9. The fourth-order valence-electron chi connectivity index (χ4n) is 5.66. The predicted octanol–water partition coefficient (Wildman–Crippen LogP) is 9.79. The van der Waals surface area contributed by atoms with E-state index in [4.69, 9.17) is 18.6 Å². The van der Waals surface area contributed by atoms with Crippen molar-refractivity contribution in [3.05, 3.63) is 83.7 Å². The smallest absolute Gasteiger partial charge is 0.410 e. The van der Waals surface area contributed by atoms with Gasteiger partial charge in [-0.3, -0.25) is 4.98 Å². The molecule has 0 spiro atoms. The van der Waals surface area contributed by atoms with Gasteiger partial charge in [0.15, 0.2) is 8.32 Å². The topological polar surface area (TPSA) is 87.2 Å². The van der Waals surface area contributed by atoms with Crippen LogP contribution >= 0.6 is 0 Å². The van der Waals surface area contributed by atoms with Gasteiger partial charge < -0.3 is 23.5 Å². The van der Waals surface area contributed by atoms with Crippen molar-refractivity contribution in [3.63, 3.8) is 0 Å². The van der Waals surface area contributed by atoms with Crippen molar-refractivity contribution < 1.29 is 28.2 Å². The maximum absolute atomic E-state index is 13.6. The van der Waals surface area contributed by atoms with Gasteiger partial charge in [0.1, 0.15) is 16.9 Å². The van der Waals surface area contributed by atoms with Gasteiger partial charge in [-0.25, -0.2) is 9.59 Å². The molecule has 0 N–H and O–H groups in total. The Morgan fingerprint density at radius 2 is 1.61 bits per heavy atom. The summed E-state index contributed by atoms with van der Waals surface area (Å²) >= 11 is 0. The first-order chi connectivity index (χ1) is 23.1. The number of methoxy groups -OCH3 is 1. The van der Waals surface area contributed by atoms with E-state index in [9.17, 15) is 9.59 Å². The lowest BCUT2D eigenvalue weighted by molar-refractivity contribution is 0.0158. The van der Waals surface area contributed by atoms with Crippen LogP contribution in [0.15, 0.2) is 67.0 Å². The van der Waals surface area contributed by atoms with Gasteiger partial charge in [-0.1, -0.05) is 63.6 Å². The second-order valence-electron chi connectivity index (χ2n) is 15.6. The Hall–Kier alpha value is -3.69. The first-order valence-corrected chi connectivity index (χ1v) is 20.5. The normalized spacial score (nSPS) is 15.0. The minimum Gasteiger partial charge on any atom is -0.490 e. The average Bonchev–Trinajstić information content (AvgIpc) is 3.05. The van der Waals surface area contributed by atoms with E-state index < -0.39 is 19.9 Å². The summed E-state index contributed by atoms with van der Waals surface area (Å²) in [6.07, 6.45) is 9.09. The van der Waals surface area contributed by atoms with Gasteiger partial charge >= 0.3 is 12.1 Å². The second-order valence-corrected chi connectivity index (χ2v) is 20.4. The van der Waals surface area contributed by atoms with Crippen LogP contribution in [0, 0.1) is 0 Å². The third-order valence-electron chi connectivity index (χ3n) is 9.53. The van der Waals surface area contributed by atoms with Gasteiger partial charge in [-0.05, 0) is 111 Å². The highest BCUT2D eigenvalue weighted by atomic mass is 28.4. The molecule has 3 aromatic rings. The molecule has 0 aliphatic heterocycles. The largest absolute Gasteiger partial charge is 0.490 e. The molecule has 0 unspecified atom stereocenters. The number of hydrogen-bond donors (Lipinski definition) is 0. The molecule has 1 aliphatic rings. The first kappa shape index (κ1) is 38.1. The van der Waals surface area contributed by atoms with Gasteiger partial charge in [0.2, 0.25) is 0 Å². The predicted molar refractivity (Wildman–Crippen MR) is 197 cm³/mol. The van der Waals surface area contributed by atoms with E-state index in [0.717, 1.165) is 47.9 Å². The van der Waals surface area contributed by atoms with Crippen molar-refractivity contribution in [1.29, 1.82) is 0 Å². The molecule has 0 radical (unpaired) electrons. The third-order valence-corrected chi connectivity index (χ3v) is 14.0. The molecule has 9 heteroatoms. The van der Waals surface area contributed by atoms with Crippen LogP contribution in [0.4, 0.5) is 4.79 Å². The van der Waals surface area contributed by atoms with E-state index in [0.29, 0.717) is 30.8 Å². The van der Waals surface area contributed by atoms with E-state index in [2.05, 4.69) is 63.1 Å². The molecular formula is C40H56N2O6Si. The van der Waals surface area contributed by atoms with Gasteiger partial charge in [-0.2, -0.15) is 0 Å². The Balaban J connectivity index is 1.54. The first-order valence-electron chi connectivity index (χ1n) is 17.6. The lowest BCUT2D eigenvalue weighted by Crippen LogP contribution is -2.46. The molecular weight excluding hydrogens is 633 g/mol. The van der Waals surface area contributed by atoms with E-state index in [1.807, 2.05) is 51.2 Å². The summed E-state index contributed by atoms with van der Waals surface area (Å²) in [7, 11) is -0.803. The summed E-state index contributed by atoms with van der Waals surface area (Å²) in [4.78, 5) is 32.3.